The first-order valence-electron chi connectivity index (χ1n) is 10.4. The maximum atomic E-state index is 4.82. The minimum atomic E-state index is 0.587. The Bertz CT molecular complexity index is 923. The first kappa shape index (κ1) is 17.4. The standard InChI is InChI=1S/C25H27N3/c1-3-7-20(8-4-1)17-22-13-14-26-25-24(22)12-11-23-19-27(15-16-28(23)25)18-21-9-5-2-6-10-21/h1-10,13-14,23H,11-12,15-19H2. The molecule has 1 saturated heterocycles. The summed E-state index contributed by atoms with van der Waals surface area (Å²) in [6.45, 7) is 4.38. The molecule has 3 heteroatoms. The van der Waals surface area contributed by atoms with Gasteiger partial charge in [0, 0.05) is 38.4 Å². The Morgan fingerprint density at radius 2 is 1.61 bits per heavy atom. The van der Waals surface area contributed by atoms with Crippen LogP contribution < -0.4 is 4.90 Å². The summed E-state index contributed by atoms with van der Waals surface area (Å²) in [5, 5.41) is 0. The van der Waals surface area contributed by atoms with E-state index in [-0.39, 0.29) is 0 Å². The molecule has 0 N–H and O–H groups in total. The third kappa shape index (κ3) is 3.55. The van der Waals surface area contributed by atoms with Gasteiger partial charge in [0.2, 0.25) is 0 Å². The van der Waals surface area contributed by atoms with Gasteiger partial charge in [0.15, 0.2) is 0 Å². The van der Waals surface area contributed by atoms with E-state index in [2.05, 4.69) is 76.5 Å². The number of hydrogen-bond acceptors (Lipinski definition) is 3. The molecule has 1 fully saturated rings. The van der Waals surface area contributed by atoms with Crippen LogP contribution in [0.25, 0.3) is 0 Å². The lowest BCUT2D eigenvalue weighted by atomic mass is 9.91. The summed E-state index contributed by atoms with van der Waals surface area (Å²) in [6, 6.07) is 24.4. The highest BCUT2D eigenvalue weighted by Crippen LogP contribution is 2.34. The molecular weight excluding hydrogens is 342 g/mol. The number of piperazine rings is 1. The summed E-state index contributed by atoms with van der Waals surface area (Å²) in [4.78, 5) is 10.0. The maximum Gasteiger partial charge on any atom is 0.132 e. The third-order valence-electron chi connectivity index (χ3n) is 6.18. The van der Waals surface area contributed by atoms with Crippen molar-refractivity contribution in [1.29, 1.82) is 0 Å². The second-order valence-electron chi connectivity index (χ2n) is 8.04. The number of benzene rings is 2. The predicted molar refractivity (Wildman–Crippen MR) is 115 cm³/mol. The first-order chi connectivity index (χ1) is 13.9. The average Bonchev–Trinajstić information content (AvgIpc) is 2.75. The van der Waals surface area contributed by atoms with Gasteiger partial charge in [-0.2, -0.15) is 0 Å². The molecule has 28 heavy (non-hydrogen) atoms. The topological polar surface area (TPSA) is 19.4 Å². The van der Waals surface area contributed by atoms with E-state index < -0.39 is 0 Å². The van der Waals surface area contributed by atoms with Gasteiger partial charge < -0.3 is 4.90 Å². The zero-order chi connectivity index (χ0) is 18.8. The van der Waals surface area contributed by atoms with Crippen molar-refractivity contribution in [3.63, 3.8) is 0 Å². The van der Waals surface area contributed by atoms with E-state index in [0.29, 0.717) is 6.04 Å². The second-order valence-corrected chi connectivity index (χ2v) is 8.04. The van der Waals surface area contributed by atoms with Gasteiger partial charge in [0.1, 0.15) is 5.82 Å². The molecule has 1 aromatic heterocycles. The molecule has 3 nitrogen and oxygen atoms in total. The van der Waals surface area contributed by atoms with Gasteiger partial charge in [-0.25, -0.2) is 4.98 Å². The maximum absolute atomic E-state index is 4.82. The summed E-state index contributed by atoms with van der Waals surface area (Å²) in [5.41, 5.74) is 5.71. The van der Waals surface area contributed by atoms with Gasteiger partial charge >= 0.3 is 0 Å². The van der Waals surface area contributed by atoms with Crippen molar-refractivity contribution in [1.82, 2.24) is 9.88 Å². The summed E-state index contributed by atoms with van der Waals surface area (Å²) in [6.07, 6.45) is 5.39. The van der Waals surface area contributed by atoms with E-state index in [0.717, 1.165) is 39.0 Å². The molecule has 2 aromatic carbocycles. The summed E-state index contributed by atoms with van der Waals surface area (Å²) >= 11 is 0. The van der Waals surface area contributed by atoms with Crippen molar-refractivity contribution < 1.29 is 0 Å². The smallest absolute Gasteiger partial charge is 0.132 e. The minimum Gasteiger partial charge on any atom is -0.351 e. The fourth-order valence-electron chi connectivity index (χ4n) is 4.76. The van der Waals surface area contributed by atoms with Crippen molar-refractivity contribution in [3.05, 3.63) is 95.2 Å². The van der Waals surface area contributed by atoms with Crippen molar-refractivity contribution in [2.45, 2.75) is 31.8 Å². The lowest BCUT2D eigenvalue weighted by molar-refractivity contribution is 0.206. The van der Waals surface area contributed by atoms with E-state index in [1.54, 1.807) is 0 Å². The van der Waals surface area contributed by atoms with Crippen LogP contribution in [0, 0.1) is 0 Å². The zero-order valence-corrected chi connectivity index (χ0v) is 16.3. The summed E-state index contributed by atoms with van der Waals surface area (Å²) in [5.74, 6) is 1.24. The van der Waals surface area contributed by atoms with Crippen LogP contribution in [-0.2, 0) is 19.4 Å². The van der Waals surface area contributed by atoms with E-state index >= 15 is 0 Å². The quantitative estimate of drug-likeness (QED) is 0.683. The highest BCUT2D eigenvalue weighted by Gasteiger charge is 2.33. The molecule has 2 aliphatic heterocycles. The highest BCUT2D eigenvalue weighted by molar-refractivity contribution is 5.55. The normalized spacial score (nSPS) is 19.1. The summed E-state index contributed by atoms with van der Waals surface area (Å²) < 4.78 is 0. The third-order valence-corrected chi connectivity index (χ3v) is 6.18. The van der Waals surface area contributed by atoms with E-state index in [1.807, 2.05) is 6.20 Å². The number of rotatable bonds is 4. The molecule has 0 amide bonds. The van der Waals surface area contributed by atoms with Gasteiger partial charge in [-0.15, -0.1) is 0 Å². The Kier molecular flexibility index (Phi) is 4.84. The van der Waals surface area contributed by atoms with Crippen LogP contribution in [0.3, 0.4) is 0 Å². The van der Waals surface area contributed by atoms with Gasteiger partial charge in [0.05, 0.1) is 0 Å². The molecule has 0 bridgehead atoms. The SMILES string of the molecule is c1ccc(Cc2ccnc3c2CCC2CN(Cc4ccccc4)CCN32)cc1. The van der Waals surface area contributed by atoms with Crippen LogP contribution in [0.4, 0.5) is 5.82 Å². The predicted octanol–water partition coefficient (Wildman–Crippen LogP) is 4.31. The molecule has 5 rings (SSSR count). The summed E-state index contributed by atoms with van der Waals surface area (Å²) in [7, 11) is 0. The second kappa shape index (κ2) is 7.76. The van der Waals surface area contributed by atoms with E-state index in [4.69, 9.17) is 4.98 Å². The monoisotopic (exact) mass is 369 g/mol. The molecule has 0 radical (unpaired) electrons. The molecule has 3 aromatic rings. The number of pyridine rings is 1. The van der Waals surface area contributed by atoms with E-state index in [1.165, 1.54) is 34.5 Å². The number of fused-ring (bicyclic) bond motifs is 3. The van der Waals surface area contributed by atoms with Crippen molar-refractivity contribution in [2.75, 3.05) is 24.5 Å². The Morgan fingerprint density at radius 3 is 2.39 bits per heavy atom. The fraction of sp³-hybridized carbons (Fsp3) is 0.320. The molecule has 0 saturated carbocycles. The van der Waals surface area contributed by atoms with Crippen molar-refractivity contribution >= 4 is 5.82 Å². The Balaban J connectivity index is 1.33. The van der Waals surface area contributed by atoms with Crippen molar-refractivity contribution in [3.8, 4) is 0 Å². The minimum absolute atomic E-state index is 0.587. The molecular formula is C25H27N3. The van der Waals surface area contributed by atoms with Gasteiger partial charge in [-0.3, -0.25) is 4.90 Å². The molecule has 1 atom stereocenters. The lowest BCUT2D eigenvalue weighted by Gasteiger charge is -2.45. The van der Waals surface area contributed by atoms with Crippen LogP contribution in [0.5, 0.6) is 0 Å². The van der Waals surface area contributed by atoms with Crippen LogP contribution in [0.15, 0.2) is 72.9 Å². The number of aromatic nitrogens is 1. The van der Waals surface area contributed by atoms with Gasteiger partial charge in [-0.05, 0) is 47.6 Å². The molecule has 142 valence electrons. The van der Waals surface area contributed by atoms with Gasteiger partial charge in [-0.1, -0.05) is 60.7 Å². The van der Waals surface area contributed by atoms with Crippen molar-refractivity contribution in [2.24, 2.45) is 0 Å². The molecule has 0 aliphatic carbocycles. The Hall–Kier alpha value is -2.65. The molecule has 0 spiro atoms. The molecule has 1 unspecified atom stereocenters. The van der Waals surface area contributed by atoms with Crippen LogP contribution >= 0.6 is 0 Å². The fourth-order valence-corrected chi connectivity index (χ4v) is 4.76. The highest BCUT2D eigenvalue weighted by atomic mass is 15.3. The Morgan fingerprint density at radius 1 is 0.857 bits per heavy atom. The number of hydrogen-bond donors (Lipinski definition) is 0. The first-order valence-corrected chi connectivity index (χ1v) is 10.4. The number of anilines is 1. The van der Waals surface area contributed by atoms with Crippen LogP contribution in [0.1, 0.15) is 28.7 Å². The Labute approximate surface area is 167 Å². The zero-order valence-electron chi connectivity index (χ0n) is 16.3. The molecule has 2 aliphatic rings. The lowest BCUT2D eigenvalue weighted by Crippen LogP contribution is -2.55. The number of nitrogens with zero attached hydrogens (tertiary/aromatic N) is 3. The average molecular weight is 370 g/mol. The molecule has 3 heterocycles. The van der Waals surface area contributed by atoms with E-state index in [9.17, 15) is 0 Å². The van der Waals surface area contributed by atoms with Crippen LogP contribution in [0.2, 0.25) is 0 Å². The van der Waals surface area contributed by atoms with Crippen LogP contribution in [-0.4, -0.2) is 35.6 Å². The van der Waals surface area contributed by atoms with Gasteiger partial charge in [0.25, 0.3) is 0 Å². The largest absolute Gasteiger partial charge is 0.351 e.